The zero-order chi connectivity index (χ0) is 16.9. The first-order valence-corrected chi connectivity index (χ1v) is 9.03. The molecule has 0 fully saturated rings. The van der Waals surface area contributed by atoms with Crippen LogP contribution in [0.5, 0.6) is 0 Å². The molecule has 0 spiro atoms. The topological polar surface area (TPSA) is 76.1 Å². The highest BCUT2D eigenvalue weighted by Gasteiger charge is 2.29. The first-order chi connectivity index (χ1) is 10.9. The molecule has 5 nitrogen and oxygen atoms in total. The van der Waals surface area contributed by atoms with E-state index >= 15 is 0 Å². The van der Waals surface area contributed by atoms with Gasteiger partial charge in [-0.1, -0.05) is 24.6 Å². The Morgan fingerprint density at radius 2 is 1.96 bits per heavy atom. The highest BCUT2D eigenvalue weighted by molar-refractivity contribution is 7.91. The molecular weight excluding hydrogens is 336 g/mol. The maximum absolute atomic E-state index is 12.9. The molecule has 122 valence electrons. The van der Waals surface area contributed by atoms with E-state index in [1.165, 1.54) is 30.5 Å². The lowest BCUT2D eigenvalue weighted by Crippen LogP contribution is -2.31. The van der Waals surface area contributed by atoms with Gasteiger partial charge < -0.3 is 5.32 Å². The molecule has 0 aliphatic heterocycles. The molecule has 2 rings (SSSR count). The van der Waals surface area contributed by atoms with Gasteiger partial charge in [-0.05, 0) is 35.9 Å². The molecule has 0 aliphatic rings. The van der Waals surface area contributed by atoms with E-state index in [4.69, 9.17) is 11.6 Å². The van der Waals surface area contributed by atoms with Crippen molar-refractivity contribution in [2.75, 3.05) is 6.54 Å². The van der Waals surface area contributed by atoms with Crippen molar-refractivity contribution in [3.05, 3.63) is 59.4 Å². The Morgan fingerprint density at radius 3 is 2.52 bits per heavy atom. The van der Waals surface area contributed by atoms with Crippen molar-refractivity contribution in [3.63, 3.8) is 0 Å². The molecule has 1 heterocycles. The van der Waals surface area contributed by atoms with Crippen molar-refractivity contribution < 1.29 is 13.2 Å². The molecule has 1 aromatic carbocycles. The van der Waals surface area contributed by atoms with Crippen LogP contribution in [0.1, 0.15) is 24.2 Å². The Morgan fingerprint density at radius 1 is 1.26 bits per heavy atom. The van der Waals surface area contributed by atoms with Gasteiger partial charge in [-0.15, -0.1) is 0 Å². The third-order valence-electron chi connectivity index (χ3n) is 3.38. The van der Waals surface area contributed by atoms with Crippen molar-refractivity contribution in [1.29, 1.82) is 0 Å². The first-order valence-electron chi connectivity index (χ1n) is 7.11. The van der Waals surface area contributed by atoms with Gasteiger partial charge in [-0.3, -0.25) is 9.78 Å². The fraction of sp³-hybridized carbons (Fsp3) is 0.250. The fourth-order valence-corrected chi connectivity index (χ4v) is 3.86. The van der Waals surface area contributed by atoms with Crippen molar-refractivity contribution in [3.8, 4) is 0 Å². The highest BCUT2D eigenvalue weighted by atomic mass is 35.5. The van der Waals surface area contributed by atoms with Crippen molar-refractivity contribution >= 4 is 27.3 Å². The van der Waals surface area contributed by atoms with Crippen LogP contribution in [0.25, 0.3) is 0 Å². The molecule has 0 aliphatic carbocycles. The summed E-state index contributed by atoms with van der Waals surface area (Å²) in [6.07, 6.45) is 3.36. The first kappa shape index (κ1) is 17.4. The summed E-state index contributed by atoms with van der Waals surface area (Å²) in [6, 6.07) is 9.33. The summed E-state index contributed by atoms with van der Waals surface area (Å²) in [5.74, 6) is -0.204. The van der Waals surface area contributed by atoms with E-state index in [-0.39, 0.29) is 17.3 Å². The van der Waals surface area contributed by atoms with E-state index in [1.807, 2.05) is 0 Å². The maximum Gasteiger partial charge on any atom is 0.219 e. The quantitative estimate of drug-likeness (QED) is 0.867. The second kappa shape index (κ2) is 7.57. The minimum atomic E-state index is -3.69. The van der Waals surface area contributed by atoms with E-state index in [1.54, 1.807) is 25.3 Å². The third kappa shape index (κ3) is 4.30. The fourth-order valence-electron chi connectivity index (χ4n) is 2.09. The second-order valence-corrected chi connectivity index (χ2v) is 7.50. The number of hydrogen-bond acceptors (Lipinski definition) is 4. The number of sulfone groups is 1. The molecule has 0 radical (unpaired) electrons. The van der Waals surface area contributed by atoms with E-state index in [0.717, 1.165) is 0 Å². The van der Waals surface area contributed by atoms with E-state index < -0.39 is 15.1 Å². The predicted octanol–water partition coefficient (Wildman–Crippen LogP) is 2.78. The summed E-state index contributed by atoms with van der Waals surface area (Å²) in [5, 5.41) is 2.20. The van der Waals surface area contributed by atoms with E-state index in [9.17, 15) is 13.2 Å². The van der Waals surface area contributed by atoms with Crippen LogP contribution in [0.2, 0.25) is 5.02 Å². The maximum atomic E-state index is 12.9. The lowest BCUT2D eigenvalue weighted by Gasteiger charge is -2.18. The molecule has 0 bridgehead atoms. The normalized spacial score (nSPS) is 12.6. The zero-order valence-corrected chi connectivity index (χ0v) is 14.1. The highest BCUT2D eigenvalue weighted by Crippen LogP contribution is 2.28. The zero-order valence-electron chi connectivity index (χ0n) is 12.6. The molecule has 1 amide bonds. The lowest BCUT2D eigenvalue weighted by atomic mass is 10.2. The standard InChI is InChI=1S/C16H17ClN2O3S/c1-2-16(20)19-11-15(12-4-3-9-18-10-12)23(21,22)14-7-5-13(17)6-8-14/h3-10,15H,2,11H2,1H3,(H,19,20). The van der Waals surface area contributed by atoms with Crippen LogP contribution in [0.3, 0.4) is 0 Å². The van der Waals surface area contributed by atoms with Crippen LogP contribution in [0.15, 0.2) is 53.7 Å². The predicted molar refractivity (Wildman–Crippen MR) is 88.9 cm³/mol. The van der Waals surface area contributed by atoms with Gasteiger partial charge in [0.2, 0.25) is 5.91 Å². The van der Waals surface area contributed by atoms with Gasteiger partial charge in [0.15, 0.2) is 9.84 Å². The largest absolute Gasteiger partial charge is 0.354 e. The Balaban J connectivity index is 2.39. The number of carbonyl (C=O) groups excluding carboxylic acids is 1. The number of amides is 1. The van der Waals surface area contributed by atoms with Crippen LogP contribution in [-0.2, 0) is 14.6 Å². The average molecular weight is 353 g/mol. The van der Waals surface area contributed by atoms with Gasteiger partial charge in [0.1, 0.15) is 5.25 Å². The average Bonchev–Trinajstić information content (AvgIpc) is 2.56. The summed E-state index contributed by atoms with van der Waals surface area (Å²) < 4.78 is 25.8. The van der Waals surface area contributed by atoms with Crippen LogP contribution in [0, 0.1) is 0 Å². The van der Waals surface area contributed by atoms with Crippen molar-refractivity contribution in [2.45, 2.75) is 23.5 Å². The molecule has 1 aromatic heterocycles. The number of nitrogens with one attached hydrogen (secondary N) is 1. The Labute approximate surface area is 140 Å². The molecule has 2 aromatic rings. The van der Waals surface area contributed by atoms with Crippen LogP contribution >= 0.6 is 11.6 Å². The smallest absolute Gasteiger partial charge is 0.219 e. The van der Waals surface area contributed by atoms with Gasteiger partial charge in [-0.25, -0.2) is 8.42 Å². The summed E-state index contributed by atoms with van der Waals surface area (Å²) >= 11 is 5.82. The molecule has 0 saturated carbocycles. The lowest BCUT2D eigenvalue weighted by molar-refractivity contribution is -0.120. The van der Waals surface area contributed by atoms with Crippen LogP contribution in [0.4, 0.5) is 0 Å². The summed E-state index contributed by atoms with van der Waals surface area (Å²) in [6.45, 7) is 1.70. The molecule has 23 heavy (non-hydrogen) atoms. The van der Waals surface area contributed by atoms with Crippen LogP contribution in [-0.4, -0.2) is 25.9 Å². The number of aromatic nitrogens is 1. The number of hydrogen-bond donors (Lipinski definition) is 1. The number of rotatable bonds is 6. The van der Waals surface area contributed by atoms with E-state index in [2.05, 4.69) is 10.3 Å². The van der Waals surface area contributed by atoms with Crippen molar-refractivity contribution in [2.24, 2.45) is 0 Å². The molecular formula is C16H17ClN2O3S. The minimum absolute atomic E-state index is 0.0106. The summed E-state index contributed by atoms with van der Waals surface area (Å²) in [5.41, 5.74) is 0.527. The molecule has 1 N–H and O–H groups in total. The molecule has 0 saturated heterocycles. The third-order valence-corrected chi connectivity index (χ3v) is 5.75. The van der Waals surface area contributed by atoms with Crippen molar-refractivity contribution in [1.82, 2.24) is 10.3 Å². The summed E-state index contributed by atoms with van der Waals surface area (Å²) in [7, 11) is -3.69. The van der Waals surface area contributed by atoms with Gasteiger partial charge in [0.05, 0.1) is 4.90 Å². The number of halogens is 1. The minimum Gasteiger partial charge on any atom is -0.354 e. The number of pyridine rings is 1. The monoisotopic (exact) mass is 352 g/mol. The summed E-state index contributed by atoms with van der Waals surface area (Å²) in [4.78, 5) is 15.6. The van der Waals surface area contributed by atoms with E-state index in [0.29, 0.717) is 17.0 Å². The number of nitrogens with zero attached hydrogens (tertiary/aromatic N) is 1. The second-order valence-electron chi connectivity index (χ2n) is 4.93. The Hall–Kier alpha value is -1.92. The van der Waals surface area contributed by atoms with Gasteiger partial charge >= 0.3 is 0 Å². The Bertz CT molecular complexity index is 762. The Kier molecular flexibility index (Phi) is 5.74. The van der Waals surface area contributed by atoms with Gasteiger partial charge in [0.25, 0.3) is 0 Å². The number of benzene rings is 1. The number of carbonyl (C=O) groups is 1. The van der Waals surface area contributed by atoms with Crippen LogP contribution < -0.4 is 5.32 Å². The SMILES string of the molecule is CCC(=O)NCC(c1cccnc1)S(=O)(=O)c1ccc(Cl)cc1. The molecule has 7 heteroatoms. The van der Waals surface area contributed by atoms with Gasteiger partial charge in [-0.2, -0.15) is 0 Å². The van der Waals surface area contributed by atoms with Gasteiger partial charge in [0, 0.05) is 30.4 Å². The molecule has 1 atom stereocenters. The molecule has 1 unspecified atom stereocenters.